The molecule has 5 heteroatoms. The first kappa shape index (κ1) is 15.8. The van der Waals surface area contributed by atoms with E-state index in [2.05, 4.69) is 10.3 Å². The fraction of sp³-hybridized carbons (Fsp3) is 0.312. The Hall–Kier alpha value is -1.62. The molecule has 1 N–H and O–H groups in total. The molecule has 1 aromatic carbocycles. The van der Waals surface area contributed by atoms with Crippen LogP contribution in [0.2, 0.25) is 5.02 Å². The van der Waals surface area contributed by atoms with Crippen LogP contribution in [0.4, 0.5) is 0 Å². The van der Waals surface area contributed by atoms with E-state index in [-0.39, 0.29) is 0 Å². The Morgan fingerprint density at radius 2 is 1.90 bits per heavy atom. The maximum Gasteiger partial charge on any atom is 0.219 e. The smallest absolute Gasteiger partial charge is 0.219 e. The van der Waals surface area contributed by atoms with Crippen molar-refractivity contribution in [1.82, 2.24) is 10.3 Å². The molecule has 4 nitrogen and oxygen atoms in total. The van der Waals surface area contributed by atoms with E-state index in [4.69, 9.17) is 21.1 Å². The largest absolute Gasteiger partial charge is 0.439 e. The maximum absolute atomic E-state index is 6.08. The minimum absolute atomic E-state index is 0.536. The zero-order valence-corrected chi connectivity index (χ0v) is 13.0. The molecule has 21 heavy (non-hydrogen) atoms. The van der Waals surface area contributed by atoms with Crippen molar-refractivity contribution in [2.24, 2.45) is 0 Å². The minimum Gasteiger partial charge on any atom is -0.439 e. The number of ether oxygens (including phenoxy) is 2. The number of aromatic nitrogens is 1. The van der Waals surface area contributed by atoms with Crippen molar-refractivity contribution >= 4 is 11.6 Å². The van der Waals surface area contributed by atoms with Gasteiger partial charge in [-0.3, -0.25) is 0 Å². The molecule has 0 saturated heterocycles. The second-order valence-electron chi connectivity index (χ2n) is 4.60. The molecule has 0 bridgehead atoms. The number of benzene rings is 1. The molecule has 1 aromatic heterocycles. The third-order valence-electron chi connectivity index (χ3n) is 2.98. The van der Waals surface area contributed by atoms with Gasteiger partial charge in [0.2, 0.25) is 5.88 Å². The molecule has 1 heterocycles. The first-order chi connectivity index (χ1) is 10.2. The van der Waals surface area contributed by atoms with Gasteiger partial charge < -0.3 is 14.8 Å². The molecule has 0 fully saturated rings. The molecule has 2 rings (SSSR count). The Kier molecular flexibility index (Phi) is 5.99. The summed E-state index contributed by atoms with van der Waals surface area (Å²) in [6.45, 7) is 1.32. The van der Waals surface area contributed by atoms with E-state index in [9.17, 15) is 0 Å². The van der Waals surface area contributed by atoms with Crippen molar-refractivity contribution in [3.05, 3.63) is 52.7 Å². The lowest BCUT2D eigenvalue weighted by atomic mass is 10.1. The average molecular weight is 307 g/mol. The van der Waals surface area contributed by atoms with Crippen LogP contribution >= 0.6 is 11.6 Å². The van der Waals surface area contributed by atoms with Gasteiger partial charge in [-0.15, -0.1) is 0 Å². The van der Waals surface area contributed by atoms with E-state index in [1.54, 1.807) is 19.2 Å². The highest BCUT2D eigenvalue weighted by Crippen LogP contribution is 2.23. The van der Waals surface area contributed by atoms with E-state index in [1.165, 1.54) is 5.56 Å². The zero-order chi connectivity index (χ0) is 15.1. The van der Waals surface area contributed by atoms with Crippen LogP contribution in [0.5, 0.6) is 11.6 Å². The number of hydrogen-bond acceptors (Lipinski definition) is 4. The predicted octanol–water partition coefficient (Wildman–Crippen LogP) is 3.44. The lowest BCUT2D eigenvalue weighted by Gasteiger charge is -2.08. The van der Waals surface area contributed by atoms with Crippen molar-refractivity contribution in [2.75, 3.05) is 20.8 Å². The topological polar surface area (TPSA) is 43.4 Å². The third-order valence-corrected chi connectivity index (χ3v) is 3.32. The second-order valence-corrected chi connectivity index (χ2v) is 5.00. The van der Waals surface area contributed by atoms with Crippen molar-refractivity contribution in [3.63, 3.8) is 0 Å². The molecule has 0 aliphatic heterocycles. The molecule has 0 amide bonds. The number of methoxy groups -OCH3 is 1. The maximum atomic E-state index is 6.08. The quantitative estimate of drug-likeness (QED) is 0.851. The van der Waals surface area contributed by atoms with Crippen LogP contribution in [0.3, 0.4) is 0 Å². The van der Waals surface area contributed by atoms with Gasteiger partial charge in [0.15, 0.2) is 0 Å². The Bertz CT molecular complexity index is 573. The summed E-state index contributed by atoms with van der Waals surface area (Å²) in [4.78, 5) is 4.39. The van der Waals surface area contributed by atoms with Gasteiger partial charge in [-0.05, 0) is 37.2 Å². The van der Waals surface area contributed by atoms with E-state index >= 15 is 0 Å². The third kappa shape index (κ3) is 4.70. The lowest BCUT2D eigenvalue weighted by Crippen LogP contribution is -2.07. The molecule has 2 aromatic rings. The summed E-state index contributed by atoms with van der Waals surface area (Å²) in [5, 5.41) is 3.66. The predicted molar refractivity (Wildman–Crippen MR) is 84.1 cm³/mol. The van der Waals surface area contributed by atoms with Crippen molar-refractivity contribution in [2.45, 2.75) is 13.0 Å². The summed E-state index contributed by atoms with van der Waals surface area (Å²) in [6, 6.07) is 11.5. The van der Waals surface area contributed by atoms with Crippen LogP contribution in [-0.4, -0.2) is 25.7 Å². The number of halogens is 1. The molecule has 0 unspecified atom stereocenters. The summed E-state index contributed by atoms with van der Waals surface area (Å²) in [5.74, 6) is 1.29. The molecule has 0 saturated carbocycles. The number of nitrogens with one attached hydrogen (secondary N) is 1. The van der Waals surface area contributed by atoms with E-state index < -0.39 is 0 Å². The van der Waals surface area contributed by atoms with E-state index in [0.717, 1.165) is 17.9 Å². The fourth-order valence-corrected chi connectivity index (χ4v) is 2.05. The van der Waals surface area contributed by atoms with E-state index in [1.807, 2.05) is 31.3 Å². The highest BCUT2D eigenvalue weighted by Gasteiger charge is 2.05. The second kappa shape index (κ2) is 7.98. The van der Waals surface area contributed by atoms with Crippen LogP contribution < -0.4 is 10.1 Å². The normalized spacial score (nSPS) is 10.6. The Labute approximate surface area is 130 Å². The van der Waals surface area contributed by atoms with Gasteiger partial charge in [-0.1, -0.05) is 23.7 Å². The van der Waals surface area contributed by atoms with Crippen molar-refractivity contribution in [3.8, 4) is 11.6 Å². The Balaban J connectivity index is 2.05. The molecule has 0 aliphatic rings. The summed E-state index contributed by atoms with van der Waals surface area (Å²) in [5.41, 5.74) is 1.98. The lowest BCUT2D eigenvalue weighted by molar-refractivity contribution is 0.202. The van der Waals surface area contributed by atoms with E-state index in [0.29, 0.717) is 24.1 Å². The Morgan fingerprint density at radius 3 is 2.57 bits per heavy atom. The van der Waals surface area contributed by atoms with Gasteiger partial charge >= 0.3 is 0 Å². The number of pyridine rings is 1. The van der Waals surface area contributed by atoms with Crippen LogP contribution in [-0.2, 0) is 17.7 Å². The summed E-state index contributed by atoms with van der Waals surface area (Å²) in [7, 11) is 3.55. The fourth-order valence-electron chi connectivity index (χ4n) is 1.88. The van der Waals surface area contributed by atoms with Gasteiger partial charge in [0.25, 0.3) is 0 Å². The zero-order valence-electron chi connectivity index (χ0n) is 12.2. The number of hydrogen-bond donors (Lipinski definition) is 1. The summed E-state index contributed by atoms with van der Waals surface area (Å²) in [6.07, 6.45) is 0.891. The standard InChI is InChI=1S/C16H19ClN2O2/c1-18-11-15-14(17)7-8-16(19-15)21-13-5-3-12(4-6-13)9-10-20-2/h3-8,18H,9-11H2,1-2H3. The monoisotopic (exact) mass is 306 g/mol. The van der Waals surface area contributed by atoms with Gasteiger partial charge in [-0.2, -0.15) is 0 Å². The highest BCUT2D eigenvalue weighted by atomic mass is 35.5. The highest BCUT2D eigenvalue weighted by molar-refractivity contribution is 6.31. The first-order valence-corrected chi connectivity index (χ1v) is 7.16. The molecule has 0 radical (unpaired) electrons. The van der Waals surface area contributed by atoms with Gasteiger partial charge in [0.1, 0.15) is 5.75 Å². The van der Waals surface area contributed by atoms with Gasteiger partial charge in [0.05, 0.1) is 17.3 Å². The van der Waals surface area contributed by atoms with Crippen LogP contribution in [0, 0.1) is 0 Å². The van der Waals surface area contributed by atoms with Gasteiger partial charge in [0, 0.05) is 19.7 Å². The molecule has 112 valence electrons. The number of nitrogens with zero attached hydrogens (tertiary/aromatic N) is 1. The SMILES string of the molecule is CNCc1nc(Oc2ccc(CCOC)cc2)ccc1Cl. The number of rotatable bonds is 7. The molecule has 0 aliphatic carbocycles. The molecule has 0 atom stereocenters. The average Bonchev–Trinajstić information content (AvgIpc) is 2.50. The first-order valence-electron chi connectivity index (χ1n) is 6.78. The van der Waals surface area contributed by atoms with Crippen molar-refractivity contribution in [1.29, 1.82) is 0 Å². The van der Waals surface area contributed by atoms with Crippen molar-refractivity contribution < 1.29 is 9.47 Å². The van der Waals surface area contributed by atoms with Crippen LogP contribution in [0.25, 0.3) is 0 Å². The Morgan fingerprint density at radius 1 is 1.14 bits per heavy atom. The van der Waals surface area contributed by atoms with Crippen LogP contribution in [0.15, 0.2) is 36.4 Å². The minimum atomic E-state index is 0.536. The molecule has 0 spiro atoms. The molecular weight excluding hydrogens is 288 g/mol. The van der Waals surface area contributed by atoms with Crippen LogP contribution in [0.1, 0.15) is 11.3 Å². The van der Waals surface area contributed by atoms with Gasteiger partial charge in [-0.25, -0.2) is 4.98 Å². The summed E-state index contributed by atoms with van der Waals surface area (Å²) < 4.78 is 10.8. The summed E-state index contributed by atoms with van der Waals surface area (Å²) >= 11 is 6.08. The molecular formula is C16H19ClN2O2.